The van der Waals surface area contributed by atoms with Crippen molar-refractivity contribution in [3.05, 3.63) is 28.3 Å². The summed E-state index contributed by atoms with van der Waals surface area (Å²) in [5.41, 5.74) is 0.0961. The van der Waals surface area contributed by atoms with Crippen molar-refractivity contribution in [2.45, 2.75) is 19.9 Å². The number of benzene rings is 1. The fraction of sp³-hybridized carbons (Fsp3) is 0.462. The molecule has 1 rings (SSSR count). The van der Waals surface area contributed by atoms with Crippen molar-refractivity contribution in [2.24, 2.45) is 5.92 Å². The molecule has 0 fully saturated rings. The Balaban J connectivity index is 3.15. The zero-order valence-electron chi connectivity index (χ0n) is 11.9. The molecule has 7 nitrogen and oxygen atoms in total. The van der Waals surface area contributed by atoms with E-state index in [1.807, 2.05) is 13.8 Å². The number of hydrogen-bond acceptors (Lipinski definition) is 6. The normalized spacial score (nSPS) is 11.8. The number of methoxy groups -OCH3 is 2. The van der Waals surface area contributed by atoms with Crippen LogP contribution in [-0.4, -0.2) is 31.2 Å². The highest BCUT2D eigenvalue weighted by Crippen LogP contribution is 2.30. The molecule has 0 bridgehead atoms. The van der Waals surface area contributed by atoms with Crippen molar-refractivity contribution >= 4 is 17.3 Å². The van der Waals surface area contributed by atoms with E-state index in [0.717, 1.165) is 0 Å². The van der Waals surface area contributed by atoms with Gasteiger partial charge < -0.3 is 14.8 Å². The molecule has 0 aromatic heterocycles. The molecule has 0 amide bonds. The Morgan fingerprint density at radius 3 is 2.45 bits per heavy atom. The standard InChI is InChI=1S/C13H18N2O5/c1-8(2)12(13(16)20-4)14-10-7-9(19-3)5-6-11(10)15(17)18/h5-8,12,14H,1-4H3. The van der Waals surface area contributed by atoms with Gasteiger partial charge in [0.2, 0.25) is 0 Å². The van der Waals surface area contributed by atoms with E-state index in [1.54, 1.807) is 0 Å². The summed E-state index contributed by atoms with van der Waals surface area (Å²) >= 11 is 0. The number of ether oxygens (including phenoxy) is 2. The first-order valence-corrected chi connectivity index (χ1v) is 6.07. The summed E-state index contributed by atoms with van der Waals surface area (Å²) in [6, 6.07) is 3.63. The molecule has 1 unspecified atom stereocenters. The number of esters is 1. The molecule has 7 heteroatoms. The monoisotopic (exact) mass is 282 g/mol. The van der Waals surface area contributed by atoms with Gasteiger partial charge in [-0.3, -0.25) is 10.1 Å². The van der Waals surface area contributed by atoms with Crippen molar-refractivity contribution in [3.8, 4) is 5.75 Å². The average molecular weight is 282 g/mol. The smallest absolute Gasteiger partial charge is 0.328 e. The minimum Gasteiger partial charge on any atom is -0.497 e. The molecule has 0 heterocycles. The molecule has 0 saturated heterocycles. The zero-order chi connectivity index (χ0) is 15.3. The second kappa shape index (κ2) is 6.74. The van der Waals surface area contributed by atoms with E-state index in [9.17, 15) is 14.9 Å². The third-order valence-corrected chi connectivity index (χ3v) is 2.83. The van der Waals surface area contributed by atoms with Crippen molar-refractivity contribution in [3.63, 3.8) is 0 Å². The second-order valence-corrected chi connectivity index (χ2v) is 4.53. The number of nitro benzene ring substituents is 1. The third-order valence-electron chi connectivity index (χ3n) is 2.83. The number of nitrogens with zero attached hydrogens (tertiary/aromatic N) is 1. The van der Waals surface area contributed by atoms with Crippen LogP contribution >= 0.6 is 0 Å². The minimum atomic E-state index is -0.675. The van der Waals surface area contributed by atoms with Gasteiger partial charge in [0.1, 0.15) is 17.5 Å². The van der Waals surface area contributed by atoms with Gasteiger partial charge in [-0.1, -0.05) is 13.8 Å². The Labute approximate surface area is 117 Å². The van der Waals surface area contributed by atoms with Gasteiger partial charge in [-0.25, -0.2) is 4.79 Å². The zero-order valence-corrected chi connectivity index (χ0v) is 11.9. The summed E-state index contributed by atoms with van der Waals surface area (Å²) in [7, 11) is 2.74. The first-order chi connectivity index (χ1) is 9.40. The first kappa shape index (κ1) is 15.7. The van der Waals surface area contributed by atoms with Gasteiger partial charge in [-0.15, -0.1) is 0 Å². The Hall–Kier alpha value is -2.31. The predicted octanol–water partition coefficient (Wildman–Crippen LogP) is 2.21. The molecule has 0 radical (unpaired) electrons. The van der Waals surface area contributed by atoms with E-state index < -0.39 is 16.9 Å². The molecular weight excluding hydrogens is 264 g/mol. The predicted molar refractivity (Wildman–Crippen MR) is 73.9 cm³/mol. The average Bonchev–Trinajstić information content (AvgIpc) is 2.42. The first-order valence-electron chi connectivity index (χ1n) is 6.07. The Bertz CT molecular complexity index is 502. The van der Waals surface area contributed by atoms with Gasteiger partial charge in [0, 0.05) is 12.1 Å². The number of rotatable bonds is 6. The van der Waals surface area contributed by atoms with Crippen LogP contribution in [-0.2, 0) is 9.53 Å². The summed E-state index contributed by atoms with van der Waals surface area (Å²) in [5, 5.41) is 13.9. The molecule has 1 aromatic carbocycles. The van der Waals surface area contributed by atoms with Gasteiger partial charge >= 0.3 is 5.97 Å². The van der Waals surface area contributed by atoms with Gasteiger partial charge in [-0.2, -0.15) is 0 Å². The van der Waals surface area contributed by atoms with Crippen molar-refractivity contribution in [1.29, 1.82) is 0 Å². The van der Waals surface area contributed by atoms with Gasteiger partial charge in [-0.05, 0) is 12.0 Å². The van der Waals surface area contributed by atoms with Crippen LogP contribution in [0.1, 0.15) is 13.8 Å². The van der Waals surface area contributed by atoms with E-state index in [0.29, 0.717) is 5.75 Å². The summed E-state index contributed by atoms with van der Waals surface area (Å²) in [5.74, 6) is -0.101. The highest BCUT2D eigenvalue weighted by molar-refractivity contribution is 5.81. The Morgan fingerprint density at radius 2 is 2.00 bits per heavy atom. The van der Waals surface area contributed by atoms with E-state index in [1.165, 1.54) is 32.4 Å². The maximum Gasteiger partial charge on any atom is 0.328 e. The number of nitrogens with one attached hydrogen (secondary N) is 1. The van der Waals surface area contributed by atoms with Crippen LogP contribution in [0.2, 0.25) is 0 Å². The van der Waals surface area contributed by atoms with Crippen LogP contribution in [0, 0.1) is 16.0 Å². The van der Waals surface area contributed by atoms with E-state index in [4.69, 9.17) is 9.47 Å². The van der Waals surface area contributed by atoms with Crippen LogP contribution in [0.3, 0.4) is 0 Å². The number of hydrogen-bond donors (Lipinski definition) is 1. The molecule has 0 saturated carbocycles. The van der Waals surface area contributed by atoms with Gasteiger partial charge in [0.25, 0.3) is 5.69 Å². The molecule has 0 aliphatic carbocycles. The van der Waals surface area contributed by atoms with Crippen molar-refractivity contribution in [2.75, 3.05) is 19.5 Å². The summed E-state index contributed by atoms with van der Waals surface area (Å²) in [6.45, 7) is 3.64. The van der Waals surface area contributed by atoms with Gasteiger partial charge in [0.15, 0.2) is 0 Å². The lowest BCUT2D eigenvalue weighted by Gasteiger charge is -2.21. The number of carbonyl (C=O) groups excluding carboxylic acids is 1. The Kier molecular flexibility index (Phi) is 5.31. The van der Waals surface area contributed by atoms with E-state index in [2.05, 4.69) is 5.32 Å². The lowest BCUT2D eigenvalue weighted by atomic mass is 10.0. The summed E-state index contributed by atoms with van der Waals surface area (Å²) < 4.78 is 9.74. The molecule has 110 valence electrons. The van der Waals surface area contributed by atoms with Crippen LogP contribution in [0.15, 0.2) is 18.2 Å². The summed E-state index contributed by atoms with van der Waals surface area (Å²) in [6.07, 6.45) is 0. The lowest BCUT2D eigenvalue weighted by molar-refractivity contribution is -0.384. The van der Waals surface area contributed by atoms with Crippen LogP contribution < -0.4 is 10.1 Å². The van der Waals surface area contributed by atoms with E-state index >= 15 is 0 Å². The quantitative estimate of drug-likeness (QED) is 0.488. The maximum atomic E-state index is 11.7. The number of anilines is 1. The summed E-state index contributed by atoms with van der Waals surface area (Å²) in [4.78, 5) is 22.2. The molecule has 1 N–H and O–H groups in total. The largest absolute Gasteiger partial charge is 0.497 e. The Morgan fingerprint density at radius 1 is 1.35 bits per heavy atom. The lowest BCUT2D eigenvalue weighted by Crippen LogP contribution is -2.35. The molecule has 0 aliphatic rings. The number of nitro groups is 1. The number of carbonyl (C=O) groups is 1. The van der Waals surface area contributed by atoms with Crippen LogP contribution in [0.5, 0.6) is 5.75 Å². The minimum absolute atomic E-state index is 0.0896. The van der Waals surface area contributed by atoms with Crippen molar-refractivity contribution in [1.82, 2.24) is 0 Å². The van der Waals surface area contributed by atoms with Crippen LogP contribution in [0.4, 0.5) is 11.4 Å². The highest BCUT2D eigenvalue weighted by atomic mass is 16.6. The topological polar surface area (TPSA) is 90.7 Å². The molecule has 0 spiro atoms. The molecular formula is C13H18N2O5. The maximum absolute atomic E-state index is 11.7. The fourth-order valence-corrected chi connectivity index (χ4v) is 1.71. The second-order valence-electron chi connectivity index (χ2n) is 4.53. The SMILES string of the molecule is COC(=O)C(Nc1cc(OC)ccc1[N+](=O)[O-])C(C)C. The van der Waals surface area contributed by atoms with E-state index in [-0.39, 0.29) is 17.3 Å². The van der Waals surface area contributed by atoms with Gasteiger partial charge in [0.05, 0.1) is 19.1 Å². The molecule has 0 aliphatic heterocycles. The molecule has 20 heavy (non-hydrogen) atoms. The van der Waals surface area contributed by atoms with Crippen LogP contribution in [0.25, 0.3) is 0 Å². The third kappa shape index (κ3) is 3.59. The molecule has 1 atom stereocenters. The molecule has 1 aromatic rings. The highest BCUT2D eigenvalue weighted by Gasteiger charge is 2.26. The van der Waals surface area contributed by atoms with Crippen molar-refractivity contribution < 1.29 is 19.2 Å². The fourth-order valence-electron chi connectivity index (χ4n) is 1.71.